The minimum Gasteiger partial charge on any atom is -0.507 e. The average Bonchev–Trinajstić information content (AvgIpc) is 3.55. The monoisotopic (exact) mass is 553 g/mol. The van der Waals surface area contributed by atoms with Crippen LogP contribution in [0.4, 0.5) is 11.4 Å². The molecule has 198 valence electrons. The van der Waals surface area contributed by atoms with Crippen LogP contribution in [0, 0.1) is 0 Å². The molecule has 3 aromatic rings. The van der Waals surface area contributed by atoms with Crippen LogP contribution in [0.3, 0.4) is 0 Å². The SMILES string of the molecule is COc1cc(/C(O)=C2\C(=O)C(=O)N(c3ccc(N4CCN(C)CC4)cc3)C2c2cccs2)c(OC)cc1Cl. The molecule has 2 fully saturated rings. The molecule has 0 saturated carbocycles. The fraction of sp³-hybridized carbons (Fsp3) is 0.286. The van der Waals surface area contributed by atoms with E-state index >= 15 is 0 Å². The molecule has 10 heteroatoms. The lowest BCUT2D eigenvalue weighted by Gasteiger charge is -2.34. The first-order chi connectivity index (χ1) is 18.3. The van der Waals surface area contributed by atoms with E-state index in [2.05, 4.69) is 16.8 Å². The number of carbonyl (C=O) groups excluding carboxylic acids is 2. The Morgan fingerprint density at radius 1 is 0.974 bits per heavy atom. The number of carbonyl (C=O) groups is 2. The van der Waals surface area contributed by atoms with E-state index in [1.165, 1.54) is 42.6 Å². The number of hydrogen-bond donors (Lipinski definition) is 1. The number of nitrogens with zero attached hydrogens (tertiary/aromatic N) is 3. The fourth-order valence-electron chi connectivity index (χ4n) is 4.89. The van der Waals surface area contributed by atoms with Crippen LogP contribution < -0.4 is 19.3 Å². The van der Waals surface area contributed by atoms with Crippen LogP contribution in [0.25, 0.3) is 5.76 Å². The Morgan fingerprint density at radius 3 is 2.24 bits per heavy atom. The maximum absolute atomic E-state index is 13.5. The number of benzene rings is 2. The van der Waals surface area contributed by atoms with E-state index in [4.69, 9.17) is 21.1 Å². The molecule has 5 rings (SSSR count). The number of piperazine rings is 1. The Hall–Kier alpha value is -3.53. The molecule has 1 N–H and O–H groups in total. The van der Waals surface area contributed by atoms with Crippen LogP contribution >= 0.6 is 22.9 Å². The first kappa shape index (κ1) is 26.1. The number of ketones is 1. The average molecular weight is 554 g/mol. The van der Waals surface area contributed by atoms with E-state index < -0.39 is 17.7 Å². The molecule has 2 aromatic carbocycles. The third-order valence-electron chi connectivity index (χ3n) is 6.98. The van der Waals surface area contributed by atoms with Gasteiger partial charge in [-0.15, -0.1) is 11.3 Å². The highest BCUT2D eigenvalue weighted by atomic mass is 35.5. The van der Waals surface area contributed by atoms with Crippen molar-refractivity contribution in [2.75, 3.05) is 57.2 Å². The van der Waals surface area contributed by atoms with Crippen LogP contribution in [0.2, 0.25) is 5.02 Å². The summed E-state index contributed by atoms with van der Waals surface area (Å²) in [6.45, 7) is 3.80. The Kier molecular flexibility index (Phi) is 7.34. The van der Waals surface area contributed by atoms with E-state index in [1.54, 1.807) is 0 Å². The number of thiophene rings is 1. The van der Waals surface area contributed by atoms with Crippen LogP contribution in [-0.4, -0.2) is 69.1 Å². The van der Waals surface area contributed by atoms with Crippen molar-refractivity contribution in [1.29, 1.82) is 0 Å². The van der Waals surface area contributed by atoms with Crippen molar-refractivity contribution in [2.45, 2.75) is 6.04 Å². The highest BCUT2D eigenvalue weighted by Gasteiger charge is 2.47. The van der Waals surface area contributed by atoms with Crippen molar-refractivity contribution >= 4 is 51.8 Å². The van der Waals surface area contributed by atoms with Crippen molar-refractivity contribution in [1.82, 2.24) is 4.90 Å². The van der Waals surface area contributed by atoms with Gasteiger partial charge in [0.1, 0.15) is 23.3 Å². The zero-order valence-corrected chi connectivity index (χ0v) is 22.9. The van der Waals surface area contributed by atoms with Crippen LogP contribution in [0.15, 0.2) is 59.5 Å². The van der Waals surface area contributed by atoms with Gasteiger partial charge in [0.05, 0.1) is 30.4 Å². The van der Waals surface area contributed by atoms with Crippen molar-refractivity contribution in [2.24, 2.45) is 0 Å². The molecule has 0 spiro atoms. The second kappa shape index (κ2) is 10.7. The molecule has 2 saturated heterocycles. The van der Waals surface area contributed by atoms with Gasteiger partial charge in [0.2, 0.25) is 0 Å². The molecule has 1 amide bonds. The number of methoxy groups -OCH3 is 2. The summed E-state index contributed by atoms with van der Waals surface area (Å²) in [6, 6.07) is 13.5. The van der Waals surface area contributed by atoms with E-state index in [9.17, 15) is 14.7 Å². The predicted molar refractivity (Wildman–Crippen MR) is 150 cm³/mol. The second-order valence-corrected chi connectivity index (χ2v) is 10.6. The summed E-state index contributed by atoms with van der Waals surface area (Å²) >= 11 is 7.65. The number of rotatable bonds is 6. The summed E-state index contributed by atoms with van der Waals surface area (Å²) in [7, 11) is 5.00. The van der Waals surface area contributed by atoms with Gasteiger partial charge in [-0.05, 0) is 48.8 Å². The zero-order chi connectivity index (χ0) is 27.0. The highest BCUT2D eigenvalue weighted by molar-refractivity contribution is 7.10. The predicted octanol–water partition coefficient (Wildman–Crippen LogP) is 4.80. The lowest BCUT2D eigenvalue weighted by atomic mass is 9.99. The van der Waals surface area contributed by atoms with Crippen LogP contribution in [-0.2, 0) is 9.59 Å². The van der Waals surface area contributed by atoms with Gasteiger partial charge in [-0.2, -0.15) is 0 Å². The first-order valence-corrected chi connectivity index (χ1v) is 13.4. The molecule has 2 aliphatic rings. The summed E-state index contributed by atoms with van der Waals surface area (Å²) in [5, 5.41) is 13.7. The van der Waals surface area contributed by atoms with Gasteiger partial charge in [-0.25, -0.2) is 0 Å². The van der Waals surface area contributed by atoms with Crippen LogP contribution in [0.1, 0.15) is 16.5 Å². The first-order valence-electron chi connectivity index (χ1n) is 12.1. The van der Waals surface area contributed by atoms with Gasteiger partial charge in [-0.3, -0.25) is 14.5 Å². The van der Waals surface area contributed by atoms with Gasteiger partial charge in [0.25, 0.3) is 11.7 Å². The topological polar surface area (TPSA) is 82.5 Å². The normalized spacial score (nSPS) is 19.7. The van der Waals surface area contributed by atoms with E-state index in [0.29, 0.717) is 11.4 Å². The Labute approximate surface area is 230 Å². The Morgan fingerprint density at radius 2 is 1.63 bits per heavy atom. The number of Topliss-reactive ketones (excluding diaryl/α,β-unsaturated/α-hetero) is 1. The second-order valence-electron chi connectivity index (χ2n) is 9.18. The molecule has 0 aliphatic carbocycles. The number of aliphatic hydroxyl groups is 1. The molecule has 1 atom stereocenters. The standard InChI is InChI=1S/C28H28ClN3O5S/c1-30-10-12-31(13-11-30)17-6-8-18(9-7-17)32-25(23-5-4-14-38-23)24(27(34)28(32)35)26(33)19-15-22(37-3)20(29)16-21(19)36-2/h4-9,14-16,25,33H,10-13H2,1-3H3/b26-24+. The van der Waals surface area contributed by atoms with Crippen LogP contribution in [0.5, 0.6) is 11.5 Å². The highest BCUT2D eigenvalue weighted by Crippen LogP contribution is 2.46. The van der Waals surface area contributed by atoms with Crippen molar-refractivity contribution in [3.63, 3.8) is 0 Å². The minimum atomic E-state index is -0.809. The number of likely N-dealkylation sites (N-methyl/N-ethyl adjacent to an activating group) is 1. The van der Waals surface area contributed by atoms with Crippen molar-refractivity contribution in [3.05, 3.63) is 74.9 Å². The van der Waals surface area contributed by atoms with Gasteiger partial charge in [0.15, 0.2) is 0 Å². The third-order valence-corrected chi connectivity index (χ3v) is 8.20. The summed E-state index contributed by atoms with van der Waals surface area (Å²) in [6.07, 6.45) is 0. The molecule has 0 bridgehead atoms. The number of amides is 1. The van der Waals surface area contributed by atoms with E-state index in [-0.39, 0.29) is 27.7 Å². The summed E-state index contributed by atoms with van der Waals surface area (Å²) in [5.41, 5.74) is 1.81. The van der Waals surface area contributed by atoms with E-state index in [1.807, 2.05) is 41.8 Å². The molecular weight excluding hydrogens is 526 g/mol. The minimum absolute atomic E-state index is 0.0248. The quantitative estimate of drug-likeness (QED) is 0.267. The molecule has 2 aliphatic heterocycles. The number of hydrogen-bond acceptors (Lipinski definition) is 8. The molecule has 1 aromatic heterocycles. The molecular formula is C28H28ClN3O5S. The Balaban J connectivity index is 1.59. The zero-order valence-electron chi connectivity index (χ0n) is 21.3. The molecule has 8 nitrogen and oxygen atoms in total. The summed E-state index contributed by atoms with van der Waals surface area (Å²) < 4.78 is 10.7. The maximum Gasteiger partial charge on any atom is 0.300 e. The molecule has 1 unspecified atom stereocenters. The molecule has 38 heavy (non-hydrogen) atoms. The molecule has 0 radical (unpaired) electrons. The number of anilines is 2. The number of aliphatic hydroxyl groups excluding tert-OH is 1. The van der Waals surface area contributed by atoms with Gasteiger partial charge in [0, 0.05) is 48.5 Å². The fourth-order valence-corrected chi connectivity index (χ4v) is 5.95. The molecule has 3 heterocycles. The van der Waals surface area contributed by atoms with Gasteiger partial charge < -0.3 is 24.4 Å². The van der Waals surface area contributed by atoms with E-state index in [0.717, 1.165) is 36.7 Å². The lowest BCUT2D eigenvalue weighted by Crippen LogP contribution is -2.44. The summed E-state index contributed by atoms with van der Waals surface area (Å²) in [4.78, 5) is 33.7. The number of halogens is 1. The lowest BCUT2D eigenvalue weighted by molar-refractivity contribution is -0.132. The van der Waals surface area contributed by atoms with Gasteiger partial charge >= 0.3 is 0 Å². The maximum atomic E-state index is 13.5. The Bertz CT molecular complexity index is 1380. The van der Waals surface area contributed by atoms with Gasteiger partial charge in [-0.1, -0.05) is 17.7 Å². The number of ether oxygens (including phenoxy) is 2. The smallest absolute Gasteiger partial charge is 0.300 e. The third kappa shape index (κ3) is 4.62. The van der Waals surface area contributed by atoms with Crippen molar-refractivity contribution in [3.8, 4) is 11.5 Å². The van der Waals surface area contributed by atoms with Crippen molar-refractivity contribution < 1.29 is 24.2 Å². The largest absolute Gasteiger partial charge is 0.507 e. The summed E-state index contributed by atoms with van der Waals surface area (Å²) in [5.74, 6) is -1.29.